The van der Waals surface area contributed by atoms with Gasteiger partial charge in [0.2, 0.25) is 5.94 Å². The Kier molecular flexibility index (Phi) is 4.24. The summed E-state index contributed by atoms with van der Waals surface area (Å²) in [4.78, 5) is 22.7. The molecule has 21 heavy (non-hydrogen) atoms. The van der Waals surface area contributed by atoms with Gasteiger partial charge in [-0.2, -0.15) is 8.42 Å². The highest BCUT2D eigenvalue weighted by molar-refractivity contribution is 7.85. The zero-order valence-corrected chi connectivity index (χ0v) is 11.3. The summed E-state index contributed by atoms with van der Waals surface area (Å²) in [6.07, 6.45) is -1.33. The van der Waals surface area contributed by atoms with E-state index in [1.165, 1.54) is 6.07 Å². The maximum atomic E-state index is 11.6. The molecule has 0 radical (unpaired) electrons. The molecule has 0 amide bonds. The Morgan fingerprint density at radius 2 is 1.95 bits per heavy atom. The number of benzene rings is 1. The number of rotatable bonds is 4. The first-order valence-corrected chi connectivity index (χ1v) is 7.22. The van der Waals surface area contributed by atoms with E-state index in [0.29, 0.717) is 11.0 Å². The molecule has 0 unspecified atom stereocenters. The molecule has 0 spiro atoms. The molecule has 0 saturated carbocycles. The lowest BCUT2D eigenvalue weighted by Crippen LogP contribution is -2.16. The van der Waals surface area contributed by atoms with E-state index < -0.39 is 34.4 Å². The average molecular weight is 314 g/mol. The molecule has 1 aromatic heterocycles. The first-order valence-electron chi connectivity index (χ1n) is 5.61. The Morgan fingerprint density at radius 3 is 2.67 bits per heavy atom. The number of carbonyl (C=O) groups excluding carboxylic acids is 1. The third-order valence-electron chi connectivity index (χ3n) is 2.38. The summed E-state index contributed by atoms with van der Waals surface area (Å²) < 4.78 is 42.8. The molecule has 0 fully saturated rings. The van der Waals surface area contributed by atoms with E-state index in [1.807, 2.05) is 0 Å². The van der Waals surface area contributed by atoms with E-state index in [1.54, 1.807) is 24.3 Å². The number of hydrogen-bond acceptors (Lipinski definition) is 7. The van der Waals surface area contributed by atoms with Gasteiger partial charge >= 0.3 is 21.9 Å². The van der Waals surface area contributed by atoms with Crippen molar-refractivity contribution in [2.24, 2.45) is 0 Å². The minimum Gasteiger partial charge on any atom is -0.429 e. The molecule has 1 aromatic carbocycles. The van der Waals surface area contributed by atoms with Crippen LogP contribution in [0, 0.1) is 0 Å². The van der Waals surface area contributed by atoms with Crippen molar-refractivity contribution in [2.75, 3.05) is 5.94 Å². The summed E-state index contributed by atoms with van der Waals surface area (Å²) in [6, 6.07) is 8.25. The van der Waals surface area contributed by atoms with Gasteiger partial charge in [-0.05, 0) is 12.1 Å². The fourth-order valence-electron chi connectivity index (χ4n) is 1.51. The minimum atomic E-state index is -4.44. The van der Waals surface area contributed by atoms with Gasteiger partial charge in [-0.1, -0.05) is 18.2 Å². The zero-order valence-electron chi connectivity index (χ0n) is 10.5. The van der Waals surface area contributed by atoms with E-state index in [9.17, 15) is 18.0 Å². The first-order chi connectivity index (χ1) is 9.85. The second-order valence-electron chi connectivity index (χ2n) is 3.98. The fourth-order valence-corrected chi connectivity index (χ4v) is 1.75. The van der Waals surface area contributed by atoms with Gasteiger partial charge in [0.05, 0.1) is 5.56 Å². The number of para-hydroxylation sites is 1. The normalized spacial score (nSPS) is 11.3. The predicted octanol–water partition coefficient (Wildman–Crippen LogP) is 1.29. The molecule has 0 aliphatic heterocycles. The number of fused-ring (bicyclic) bond motifs is 1. The van der Waals surface area contributed by atoms with Crippen molar-refractivity contribution in [2.45, 2.75) is 6.61 Å². The molecular weight excluding hydrogens is 304 g/mol. The Hall–Kier alpha value is -2.39. The molecule has 2 rings (SSSR count). The highest BCUT2D eigenvalue weighted by Crippen LogP contribution is 2.13. The molecule has 0 atom stereocenters. The third-order valence-corrected chi connectivity index (χ3v) is 2.80. The molecule has 0 bridgehead atoms. The summed E-state index contributed by atoms with van der Waals surface area (Å²) >= 11 is 0. The molecule has 1 heterocycles. The quantitative estimate of drug-likeness (QED) is 0.509. The van der Waals surface area contributed by atoms with Crippen LogP contribution in [0.1, 0.15) is 5.56 Å². The molecular formula is C12H10O8S. The van der Waals surface area contributed by atoms with Crippen LogP contribution in [0.4, 0.5) is 4.79 Å². The average Bonchev–Trinajstić information content (AvgIpc) is 2.42. The Morgan fingerprint density at radius 1 is 1.24 bits per heavy atom. The summed E-state index contributed by atoms with van der Waals surface area (Å²) in [6.45, 7) is -0.447. The van der Waals surface area contributed by atoms with Crippen LogP contribution in [0.3, 0.4) is 0 Å². The van der Waals surface area contributed by atoms with Crippen LogP contribution < -0.4 is 5.63 Å². The van der Waals surface area contributed by atoms with Crippen molar-refractivity contribution in [1.82, 2.24) is 0 Å². The van der Waals surface area contributed by atoms with Crippen molar-refractivity contribution in [3.8, 4) is 0 Å². The van der Waals surface area contributed by atoms with Crippen LogP contribution in [0.2, 0.25) is 0 Å². The second kappa shape index (κ2) is 5.94. The van der Waals surface area contributed by atoms with Crippen molar-refractivity contribution < 1.29 is 31.7 Å². The summed E-state index contributed by atoms with van der Waals surface area (Å²) in [5, 5.41) is 0.641. The Labute approximate surface area is 118 Å². The molecule has 2 aromatic rings. The van der Waals surface area contributed by atoms with Crippen LogP contribution in [0.15, 0.2) is 39.5 Å². The van der Waals surface area contributed by atoms with Gasteiger partial charge < -0.3 is 13.9 Å². The lowest BCUT2D eigenvalue weighted by Gasteiger charge is -2.05. The summed E-state index contributed by atoms with van der Waals surface area (Å²) in [5.41, 5.74) is -0.228. The number of ether oxygens (including phenoxy) is 2. The van der Waals surface area contributed by atoms with Crippen molar-refractivity contribution >= 4 is 27.2 Å². The van der Waals surface area contributed by atoms with Crippen LogP contribution in [-0.4, -0.2) is 25.1 Å². The smallest absolute Gasteiger partial charge is 0.429 e. The number of hydrogen-bond donors (Lipinski definition) is 1. The van der Waals surface area contributed by atoms with E-state index in [2.05, 4.69) is 9.47 Å². The van der Waals surface area contributed by atoms with Gasteiger partial charge in [-0.15, -0.1) is 0 Å². The summed E-state index contributed by atoms with van der Waals surface area (Å²) in [7, 11) is -4.44. The molecule has 0 aliphatic carbocycles. The van der Waals surface area contributed by atoms with Crippen molar-refractivity contribution in [1.29, 1.82) is 0 Å². The van der Waals surface area contributed by atoms with Crippen LogP contribution in [-0.2, 0) is 26.2 Å². The molecule has 0 aliphatic rings. The minimum absolute atomic E-state index is 0.0671. The topological polar surface area (TPSA) is 120 Å². The SMILES string of the molecule is O=C(OCc1cc2ccccc2oc1=O)OCS(=O)(=O)O. The van der Waals surface area contributed by atoms with Crippen LogP contribution in [0.5, 0.6) is 0 Å². The molecule has 1 N–H and O–H groups in total. The van der Waals surface area contributed by atoms with Gasteiger partial charge in [-0.25, -0.2) is 9.59 Å². The van der Waals surface area contributed by atoms with Gasteiger partial charge in [0, 0.05) is 5.39 Å². The largest absolute Gasteiger partial charge is 0.509 e. The van der Waals surface area contributed by atoms with E-state index in [0.717, 1.165) is 0 Å². The Balaban J connectivity index is 2.05. The number of carbonyl (C=O) groups is 1. The molecule has 112 valence electrons. The van der Waals surface area contributed by atoms with Gasteiger partial charge in [0.25, 0.3) is 0 Å². The third kappa shape index (κ3) is 4.29. The van der Waals surface area contributed by atoms with Crippen molar-refractivity contribution in [3.05, 3.63) is 46.3 Å². The maximum Gasteiger partial charge on any atom is 0.509 e. The maximum absolute atomic E-state index is 11.6. The van der Waals surface area contributed by atoms with Gasteiger partial charge in [0.15, 0.2) is 0 Å². The molecule has 0 saturated heterocycles. The van der Waals surface area contributed by atoms with Crippen LogP contribution >= 0.6 is 0 Å². The van der Waals surface area contributed by atoms with Crippen LogP contribution in [0.25, 0.3) is 11.0 Å². The lowest BCUT2D eigenvalue weighted by molar-refractivity contribution is 0.0598. The second-order valence-corrected chi connectivity index (χ2v) is 5.38. The van der Waals surface area contributed by atoms with E-state index in [4.69, 9.17) is 8.97 Å². The zero-order chi connectivity index (χ0) is 15.5. The predicted molar refractivity (Wildman–Crippen MR) is 70.2 cm³/mol. The standard InChI is InChI=1S/C12H10O8S/c13-11-9(5-8-3-1-2-4-10(8)20-11)6-18-12(14)19-7-21(15,16)17/h1-5H,6-7H2,(H,15,16,17). The van der Waals surface area contributed by atoms with Gasteiger partial charge in [0.1, 0.15) is 12.2 Å². The molecule has 9 heteroatoms. The molecule has 8 nitrogen and oxygen atoms in total. The fraction of sp³-hybridized carbons (Fsp3) is 0.167. The van der Waals surface area contributed by atoms with E-state index in [-0.39, 0.29) is 5.56 Å². The van der Waals surface area contributed by atoms with E-state index >= 15 is 0 Å². The lowest BCUT2D eigenvalue weighted by atomic mass is 10.2. The van der Waals surface area contributed by atoms with Crippen molar-refractivity contribution in [3.63, 3.8) is 0 Å². The summed E-state index contributed by atoms with van der Waals surface area (Å²) in [5.74, 6) is -1.22. The van der Waals surface area contributed by atoms with Gasteiger partial charge in [-0.3, -0.25) is 4.55 Å². The highest BCUT2D eigenvalue weighted by Gasteiger charge is 2.13. The monoisotopic (exact) mass is 314 g/mol. The first kappa shape index (κ1) is 15.0. The highest BCUT2D eigenvalue weighted by atomic mass is 32.2. The Bertz CT molecular complexity index is 821.